The maximum atomic E-state index is 13.0. The molecule has 0 aliphatic rings. The summed E-state index contributed by atoms with van der Waals surface area (Å²) in [5, 5.41) is 0. The van der Waals surface area contributed by atoms with Crippen LogP contribution < -0.4 is 20.3 Å². The molecule has 0 bridgehead atoms. The van der Waals surface area contributed by atoms with Crippen molar-refractivity contribution in [2.45, 2.75) is 6.92 Å². The highest BCUT2D eigenvalue weighted by Crippen LogP contribution is 2.25. The Hall–Kier alpha value is -2.61. The summed E-state index contributed by atoms with van der Waals surface area (Å²) in [4.78, 5) is 23.6. The first-order chi connectivity index (χ1) is 12.0. The van der Waals surface area contributed by atoms with Crippen molar-refractivity contribution in [3.63, 3.8) is 0 Å². The van der Waals surface area contributed by atoms with Gasteiger partial charge in [0.1, 0.15) is 17.3 Å². The van der Waals surface area contributed by atoms with Gasteiger partial charge in [-0.25, -0.2) is 4.39 Å². The molecule has 0 radical (unpaired) electrons. The Bertz CT molecular complexity index is 753. The van der Waals surface area contributed by atoms with Crippen LogP contribution >= 0.6 is 15.9 Å². The summed E-state index contributed by atoms with van der Waals surface area (Å²) in [6, 6.07) is 10.3. The Morgan fingerprint density at radius 2 is 1.80 bits per heavy atom. The maximum Gasteiger partial charge on any atom is 0.276 e. The standard InChI is InChI=1S/C17H16BrFN2O4/c1-2-24-13-6-3-11(4-7-13)17(23)21-20-16(22)10-25-15-8-5-12(19)9-14(15)18/h3-9H,2,10H2,1H3,(H,20,22)(H,21,23). The number of hydrogen-bond acceptors (Lipinski definition) is 4. The third kappa shape index (κ3) is 5.75. The molecular weight excluding hydrogens is 395 g/mol. The van der Waals surface area contributed by atoms with Gasteiger partial charge in [0.15, 0.2) is 6.61 Å². The van der Waals surface area contributed by atoms with Crippen LogP contribution in [-0.4, -0.2) is 25.0 Å². The van der Waals surface area contributed by atoms with E-state index in [-0.39, 0.29) is 6.61 Å². The van der Waals surface area contributed by atoms with Gasteiger partial charge in [-0.2, -0.15) is 0 Å². The van der Waals surface area contributed by atoms with Gasteiger partial charge in [0.2, 0.25) is 0 Å². The van der Waals surface area contributed by atoms with Crippen molar-refractivity contribution in [3.05, 3.63) is 58.3 Å². The molecular formula is C17H16BrFN2O4. The Balaban J connectivity index is 1.79. The van der Waals surface area contributed by atoms with E-state index in [1.165, 1.54) is 18.2 Å². The highest BCUT2D eigenvalue weighted by Gasteiger charge is 2.09. The number of ether oxygens (including phenoxy) is 2. The molecule has 0 spiro atoms. The molecule has 0 atom stereocenters. The molecule has 0 saturated heterocycles. The molecule has 0 saturated carbocycles. The molecule has 2 N–H and O–H groups in total. The van der Waals surface area contributed by atoms with Crippen molar-refractivity contribution < 1.29 is 23.5 Å². The van der Waals surface area contributed by atoms with E-state index in [1.807, 2.05) is 6.92 Å². The zero-order valence-corrected chi connectivity index (χ0v) is 14.9. The minimum atomic E-state index is -0.560. The molecule has 2 rings (SSSR count). The average molecular weight is 411 g/mol. The lowest BCUT2D eigenvalue weighted by atomic mass is 10.2. The summed E-state index contributed by atoms with van der Waals surface area (Å²) in [5.74, 6) is -0.489. The predicted octanol–water partition coefficient (Wildman–Crippen LogP) is 2.83. The van der Waals surface area contributed by atoms with E-state index in [2.05, 4.69) is 26.8 Å². The van der Waals surface area contributed by atoms with Crippen LogP contribution in [0.2, 0.25) is 0 Å². The SMILES string of the molecule is CCOc1ccc(C(=O)NNC(=O)COc2ccc(F)cc2Br)cc1. The molecule has 0 aliphatic carbocycles. The number of hydrogen-bond donors (Lipinski definition) is 2. The fourth-order valence-corrected chi connectivity index (χ4v) is 2.30. The van der Waals surface area contributed by atoms with Gasteiger partial charge in [-0.05, 0) is 65.3 Å². The van der Waals surface area contributed by atoms with Crippen molar-refractivity contribution in [1.29, 1.82) is 0 Å². The highest BCUT2D eigenvalue weighted by atomic mass is 79.9. The molecule has 6 nitrogen and oxygen atoms in total. The number of rotatable bonds is 6. The van der Waals surface area contributed by atoms with Crippen LogP contribution in [0.25, 0.3) is 0 Å². The quantitative estimate of drug-likeness (QED) is 0.717. The van der Waals surface area contributed by atoms with E-state index >= 15 is 0 Å². The second-order valence-electron chi connectivity index (χ2n) is 4.82. The number of amides is 2. The van der Waals surface area contributed by atoms with Gasteiger partial charge in [0.05, 0.1) is 11.1 Å². The van der Waals surface area contributed by atoms with Crippen LogP contribution in [-0.2, 0) is 4.79 Å². The lowest BCUT2D eigenvalue weighted by molar-refractivity contribution is -0.123. The number of nitrogens with one attached hydrogen (secondary N) is 2. The fraction of sp³-hybridized carbons (Fsp3) is 0.176. The number of halogens is 2. The zero-order valence-electron chi connectivity index (χ0n) is 13.3. The molecule has 25 heavy (non-hydrogen) atoms. The number of carbonyl (C=O) groups excluding carboxylic acids is 2. The molecule has 0 aromatic heterocycles. The van der Waals surface area contributed by atoms with E-state index in [9.17, 15) is 14.0 Å². The molecule has 2 amide bonds. The Labute approximate surface area is 152 Å². The number of hydrazine groups is 1. The molecule has 2 aromatic carbocycles. The summed E-state index contributed by atoms with van der Waals surface area (Å²) < 4.78 is 23.9. The maximum absolute atomic E-state index is 13.0. The van der Waals surface area contributed by atoms with Gasteiger partial charge < -0.3 is 9.47 Å². The smallest absolute Gasteiger partial charge is 0.276 e. The Morgan fingerprint density at radius 3 is 2.44 bits per heavy atom. The van der Waals surface area contributed by atoms with Crippen LogP contribution in [0.4, 0.5) is 4.39 Å². The molecule has 132 valence electrons. The van der Waals surface area contributed by atoms with E-state index in [4.69, 9.17) is 9.47 Å². The molecule has 0 aliphatic heterocycles. The van der Waals surface area contributed by atoms with Crippen molar-refractivity contribution in [2.75, 3.05) is 13.2 Å². The molecule has 0 fully saturated rings. The molecule has 2 aromatic rings. The van der Waals surface area contributed by atoms with Gasteiger partial charge in [-0.15, -0.1) is 0 Å². The summed E-state index contributed by atoms with van der Waals surface area (Å²) >= 11 is 3.13. The van der Waals surface area contributed by atoms with E-state index in [0.29, 0.717) is 28.1 Å². The van der Waals surface area contributed by atoms with Crippen molar-refractivity contribution >= 4 is 27.7 Å². The second-order valence-corrected chi connectivity index (χ2v) is 5.68. The minimum Gasteiger partial charge on any atom is -0.494 e. The summed E-state index contributed by atoms with van der Waals surface area (Å²) in [7, 11) is 0. The van der Waals surface area contributed by atoms with Crippen molar-refractivity contribution in [2.24, 2.45) is 0 Å². The van der Waals surface area contributed by atoms with Gasteiger partial charge in [-0.3, -0.25) is 20.4 Å². The van der Waals surface area contributed by atoms with E-state index < -0.39 is 17.6 Å². The highest BCUT2D eigenvalue weighted by molar-refractivity contribution is 9.10. The minimum absolute atomic E-state index is 0.314. The predicted molar refractivity (Wildman–Crippen MR) is 92.8 cm³/mol. The van der Waals surface area contributed by atoms with Crippen molar-refractivity contribution in [3.8, 4) is 11.5 Å². The third-order valence-electron chi connectivity index (χ3n) is 3.00. The number of carbonyl (C=O) groups is 2. The average Bonchev–Trinajstić information content (AvgIpc) is 2.60. The topological polar surface area (TPSA) is 76.7 Å². The molecule has 0 unspecified atom stereocenters. The Kier molecular flexibility index (Phi) is 6.76. The Morgan fingerprint density at radius 1 is 1.08 bits per heavy atom. The lowest BCUT2D eigenvalue weighted by Crippen LogP contribution is -2.43. The largest absolute Gasteiger partial charge is 0.494 e. The summed E-state index contributed by atoms with van der Waals surface area (Å²) in [6.45, 7) is 2.06. The van der Waals surface area contributed by atoms with Crippen LogP contribution in [0.15, 0.2) is 46.9 Å². The van der Waals surface area contributed by atoms with E-state index in [0.717, 1.165) is 0 Å². The summed E-state index contributed by atoms with van der Waals surface area (Å²) in [6.07, 6.45) is 0. The summed E-state index contributed by atoms with van der Waals surface area (Å²) in [5.41, 5.74) is 4.88. The van der Waals surface area contributed by atoms with Crippen LogP contribution in [0.3, 0.4) is 0 Å². The third-order valence-corrected chi connectivity index (χ3v) is 3.62. The van der Waals surface area contributed by atoms with Gasteiger partial charge in [0, 0.05) is 5.56 Å². The molecule has 8 heteroatoms. The monoisotopic (exact) mass is 410 g/mol. The molecule has 0 heterocycles. The van der Waals surface area contributed by atoms with E-state index in [1.54, 1.807) is 24.3 Å². The first-order valence-corrected chi connectivity index (χ1v) is 8.18. The first kappa shape index (κ1) is 18.7. The van der Waals surface area contributed by atoms with Crippen LogP contribution in [0.5, 0.6) is 11.5 Å². The van der Waals surface area contributed by atoms with Crippen LogP contribution in [0.1, 0.15) is 17.3 Å². The zero-order chi connectivity index (χ0) is 18.2. The fourth-order valence-electron chi connectivity index (χ4n) is 1.84. The normalized spacial score (nSPS) is 10.0. The first-order valence-electron chi connectivity index (χ1n) is 7.39. The number of benzene rings is 2. The van der Waals surface area contributed by atoms with Gasteiger partial charge >= 0.3 is 0 Å². The lowest BCUT2D eigenvalue weighted by Gasteiger charge is -2.10. The van der Waals surface area contributed by atoms with Gasteiger partial charge in [-0.1, -0.05) is 0 Å². The van der Waals surface area contributed by atoms with Gasteiger partial charge in [0.25, 0.3) is 11.8 Å². The van der Waals surface area contributed by atoms with Crippen LogP contribution in [0, 0.1) is 5.82 Å². The second kappa shape index (κ2) is 9.03. The van der Waals surface area contributed by atoms with Crippen molar-refractivity contribution in [1.82, 2.24) is 10.9 Å².